The molecular formula is C16H25NO2. The van der Waals surface area contributed by atoms with Crippen LogP contribution in [0.3, 0.4) is 0 Å². The van der Waals surface area contributed by atoms with Gasteiger partial charge in [0, 0.05) is 5.56 Å². The lowest BCUT2D eigenvalue weighted by molar-refractivity contribution is 0.0668. The molecule has 0 atom stereocenters. The third-order valence-electron chi connectivity index (χ3n) is 3.52. The Morgan fingerprint density at radius 1 is 1.21 bits per heavy atom. The molecule has 1 aromatic rings. The number of ketones is 1. The van der Waals surface area contributed by atoms with Crippen molar-refractivity contribution in [1.29, 1.82) is 0 Å². The quantitative estimate of drug-likeness (QED) is 0.706. The van der Waals surface area contributed by atoms with E-state index in [4.69, 9.17) is 4.74 Å². The summed E-state index contributed by atoms with van der Waals surface area (Å²) in [5.41, 5.74) is 0.219. The summed E-state index contributed by atoms with van der Waals surface area (Å²) >= 11 is 0. The van der Waals surface area contributed by atoms with Crippen LogP contribution in [0, 0.1) is 0 Å². The fourth-order valence-corrected chi connectivity index (χ4v) is 2.40. The molecule has 0 aliphatic heterocycles. The SMILES string of the molecule is CCOc1cccc(C(=O)C(C)(C)N(CC)CC)c1. The highest BCUT2D eigenvalue weighted by atomic mass is 16.5. The van der Waals surface area contributed by atoms with E-state index in [0.717, 1.165) is 18.8 Å². The van der Waals surface area contributed by atoms with Crippen LogP contribution in [0.4, 0.5) is 0 Å². The summed E-state index contributed by atoms with van der Waals surface area (Å²) in [4.78, 5) is 14.9. The van der Waals surface area contributed by atoms with E-state index >= 15 is 0 Å². The highest BCUT2D eigenvalue weighted by Gasteiger charge is 2.33. The van der Waals surface area contributed by atoms with Crippen LogP contribution in [0.5, 0.6) is 5.75 Å². The van der Waals surface area contributed by atoms with Crippen molar-refractivity contribution in [2.45, 2.75) is 40.2 Å². The lowest BCUT2D eigenvalue weighted by atomic mass is 9.91. The molecule has 3 nitrogen and oxygen atoms in total. The maximum Gasteiger partial charge on any atom is 0.182 e. The summed E-state index contributed by atoms with van der Waals surface area (Å²) in [6.07, 6.45) is 0. The van der Waals surface area contributed by atoms with Gasteiger partial charge in [0.05, 0.1) is 12.1 Å². The van der Waals surface area contributed by atoms with E-state index in [9.17, 15) is 4.79 Å². The largest absolute Gasteiger partial charge is 0.494 e. The summed E-state index contributed by atoms with van der Waals surface area (Å²) in [6.45, 7) is 12.4. The van der Waals surface area contributed by atoms with Crippen molar-refractivity contribution >= 4 is 5.78 Å². The molecule has 1 rings (SSSR count). The van der Waals surface area contributed by atoms with Crippen molar-refractivity contribution in [3.63, 3.8) is 0 Å². The van der Waals surface area contributed by atoms with E-state index in [1.165, 1.54) is 0 Å². The highest BCUT2D eigenvalue weighted by Crippen LogP contribution is 2.23. The number of likely N-dealkylation sites (N-methyl/N-ethyl adjacent to an activating group) is 1. The summed E-state index contributed by atoms with van der Waals surface area (Å²) in [7, 11) is 0. The van der Waals surface area contributed by atoms with E-state index in [0.29, 0.717) is 12.2 Å². The van der Waals surface area contributed by atoms with E-state index in [1.54, 1.807) is 0 Å². The monoisotopic (exact) mass is 263 g/mol. The Morgan fingerprint density at radius 2 is 1.84 bits per heavy atom. The molecule has 0 saturated heterocycles. The maximum atomic E-state index is 12.7. The molecule has 0 aromatic heterocycles. The molecule has 0 saturated carbocycles. The van der Waals surface area contributed by atoms with Crippen LogP contribution in [0.1, 0.15) is 45.0 Å². The first-order valence-electron chi connectivity index (χ1n) is 7.00. The van der Waals surface area contributed by atoms with Gasteiger partial charge in [-0.15, -0.1) is 0 Å². The summed E-state index contributed by atoms with van der Waals surface area (Å²) in [6, 6.07) is 7.44. The zero-order valence-corrected chi connectivity index (χ0v) is 12.7. The number of hydrogen-bond acceptors (Lipinski definition) is 3. The predicted molar refractivity (Wildman–Crippen MR) is 78.9 cm³/mol. The molecule has 0 bridgehead atoms. The molecule has 0 amide bonds. The van der Waals surface area contributed by atoms with Crippen molar-refractivity contribution in [3.8, 4) is 5.75 Å². The predicted octanol–water partition coefficient (Wildman–Crippen LogP) is 3.39. The number of carbonyl (C=O) groups is 1. The molecule has 3 heteroatoms. The molecule has 0 fully saturated rings. The van der Waals surface area contributed by atoms with Gasteiger partial charge in [-0.2, -0.15) is 0 Å². The van der Waals surface area contributed by atoms with E-state index in [-0.39, 0.29) is 5.78 Å². The third-order valence-corrected chi connectivity index (χ3v) is 3.52. The average Bonchev–Trinajstić information content (AvgIpc) is 2.39. The van der Waals surface area contributed by atoms with Gasteiger partial charge in [-0.1, -0.05) is 26.0 Å². The fourth-order valence-electron chi connectivity index (χ4n) is 2.40. The molecule has 0 N–H and O–H groups in total. The molecule has 0 aliphatic rings. The number of carbonyl (C=O) groups excluding carboxylic acids is 1. The lowest BCUT2D eigenvalue weighted by Crippen LogP contribution is -2.49. The summed E-state index contributed by atoms with van der Waals surface area (Å²) in [5, 5.41) is 0. The summed E-state index contributed by atoms with van der Waals surface area (Å²) in [5.74, 6) is 0.890. The Morgan fingerprint density at radius 3 is 2.37 bits per heavy atom. The second-order valence-electron chi connectivity index (χ2n) is 5.02. The van der Waals surface area contributed by atoms with Gasteiger partial charge in [-0.05, 0) is 46.0 Å². The minimum absolute atomic E-state index is 0.137. The smallest absolute Gasteiger partial charge is 0.182 e. The second-order valence-corrected chi connectivity index (χ2v) is 5.02. The van der Waals surface area contributed by atoms with Gasteiger partial charge >= 0.3 is 0 Å². The maximum absolute atomic E-state index is 12.7. The number of ether oxygens (including phenoxy) is 1. The van der Waals surface area contributed by atoms with Gasteiger partial charge < -0.3 is 4.74 Å². The minimum Gasteiger partial charge on any atom is -0.494 e. The van der Waals surface area contributed by atoms with Crippen molar-refractivity contribution in [2.75, 3.05) is 19.7 Å². The van der Waals surface area contributed by atoms with Crippen LogP contribution in [0.25, 0.3) is 0 Å². The average molecular weight is 263 g/mol. The van der Waals surface area contributed by atoms with Gasteiger partial charge in [0.25, 0.3) is 0 Å². The van der Waals surface area contributed by atoms with Crippen molar-refractivity contribution in [2.24, 2.45) is 0 Å². The van der Waals surface area contributed by atoms with Gasteiger partial charge in [0.1, 0.15) is 5.75 Å². The van der Waals surface area contributed by atoms with Crippen LogP contribution >= 0.6 is 0 Å². The van der Waals surface area contributed by atoms with Gasteiger partial charge in [0.15, 0.2) is 5.78 Å². The first-order valence-corrected chi connectivity index (χ1v) is 7.00. The van der Waals surface area contributed by atoms with Gasteiger partial charge in [0.2, 0.25) is 0 Å². The van der Waals surface area contributed by atoms with Crippen molar-refractivity contribution in [3.05, 3.63) is 29.8 Å². The number of nitrogens with zero attached hydrogens (tertiary/aromatic N) is 1. The number of rotatable bonds is 7. The Labute approximate surface area is 116 Å². The summed E-state index contributed by atoms with van der Waals surface area (Å²) < 4.78 is 5.46. The molecule has 0 heterocycles. The Hall–Kier alpha value is -1.35. The molecule has 106 valence electrons. The molecule has 0 radical (unpaired) electrons. The zero-order chi connectivity index (χ0) is 14.5. The van der Waals surface area contributed by atoms with Crippen LogP contribution in [0.2, 0.25) is 0 Å². The Balaban J connectivity index is 3.01. The molecule has 0 aliphatic carbocycles. The van der Waals surface area contributed by atoms with E-state index in [2.05, 4.69) is 18.7 Å². The van der Waals surface area contributed by atoms with Crippen LogP contribution in [0.15, 0.2) is 24.3 Å². The number of benzene rings is 1. The molecule has 19 heavy (non-hydrogen) atoms. The van der Waals surface area contributed by atoms with E-state index < -0.39 is 5.54 Å². The normalized spacial score (nSPS) is 11.7. The Bertz CT molecular complexity index is 423. The number of hydrogen-bond donors (Lipinski definition) is 0. The first kappa shape index (κ1) is 15.7. The van der Waals surface area contributed by atoms with Crippen LogP contribution in [-0.2, 0) is 0 Å². The number of Topliss-reactive ketones (excluding diaryl/α,β-unsaturated/α-hetero) is 1. The second kappa shape index (κ2) is 6.71. The van der Waals surface area contributed by atoms with Gasteiger partial charge in [-0.25, -0.2) is 0 Å². The standard InChI is InChI=1S/C16H25NO2/c1-6-17(7-2)16(4,5)15(18)13-10-9-11-14(12-13)19-8-3/h9-12H,6-8H2,1-5H3. The zero-order valence-electron chi connectivity index (χ0n) is 12.7. The topological polar surface area (TPSA) is 29.5 Å². The minimum atomic E-state index is -0.492. The first-order chi connectivity index (χ1) is 8.97. The lowest BCUT2D eigenvalue weighted by Gasteiger charge is -2.35. The van der Waals surface area contributed by atoms with Crippen molar-refractivity contribution < 1.29 is 9.53 Å². The Kier molecular flexibility index (Phi) is 5.55. The fraction of sp³-hybridized carbons (Fsp3) is 0.562. The van der Waals surface area contributed by atoms with Gasteiger partial charge in [-0.3, -0.25) is 9.69 Å². The molecular weight excluding hydrogens is 238 g/mol. The van der Waals surface area contributed by atoms with Crippen LogP contribution < -0.4 is 4.74 Å². The van der Waals surface area contributed by atoms with Crippen molar-refractivity contribution in [1.82, 2.24) is 4.90 Å². The third kappa shape index (κ3) is 3.57. The van der Waals surface area contributed by atoms with E-state index in [1.807, 2.05) is 45.0 Å². The highest BCUT2D eigenvalue weighted by molar-refractivity contribution is 6.02. The van der Waals surface area contributed by atoms with Crippen LogP contribution in [-0.4, -0.2) is 35.9 Å². The molecule has 0 unspecified atom stereocenters. The molecule has 1 aromatic carbocycles. The molecule has 0 spiro atoms.